The molecule has 0 aromatic carbocycles. The molecule has 1 aliphatic rings. The number of hydrogen-bond donors (Lipinski definition) is 1. The largest absolute Gasteiger partial charge is 0.481 e. The normalized spacial score (nSPS) is 16.0. The molecule has 1 N–H and O–H groups in total. The highest BCUT2D eigenvalue weighted by atomic mass is 35.5. The number of fused-ring (bicyclic) bond motifs is 1. The third-order valence-electron chi connectivity index (χ3n) is 3.41. The smallest absolute Gasteiger partial charge is 0.240 e. The van der Waals surface area contributed by atoms with Crippen LogP contribution in [0.25, 0.3) is 11.2 Å². The van der Waals surface area contributed by atoms with E-state index >= 15 is 0 Å². The van der Waals surface area contributed by atoms with E-state index in [1.807, 2.05) is 13.0 Å². The lowest BCUT2D eigenvalue weighted by Crippen LogP contribution is -2.30. The molecular formula is C14H17ClN4O2. The minimum Gasteiger partial charge on any atom is -0.481 e. The van der Waals surface area contributed by atoms with Crippen molar-refractivity contribution in [2.75, 3.05) is 7.11 Å². The number of nitrogens with one attached hydrogen (secondary N) is 1. The molecule has 21 heavy (non-hydrogen) atoms. The van der Waals surface area contributed by atoms with Crippen molar-refractivity contribution in [3.05, 3.63) is 18.0 Å². The van der Waals surface area contributed by atoms with Crippen LogP contribution in [0.3, 0.4) is 0 Å². The molecule has 0 aliphatic heterocycles. The number of rotatable bonds is 5. The zero-order chi connectivity index (χ0) is 15.0. The molecule has 0 spiro atoms. The van der Waals surface area contributed by atoms with Crippen LogP contribution in [0.2, 0.25) is 0 Å². The van der Waals surface area contributed by atoms with Crippen LogP contribution >= 0.6 is 11.6 Å². The van der Waals surface area contributed by atoms with Crippen LogP contribution in [-0.2, 0) is 11.3 Å². The van der Waals surface area contributed by atoms with Gasteiger partial charge in [0.25, 0.3) is 0 Å². The van der Waals surface area contributed by atoms with Gasteiger partial charge < -0.3 is 14.6 Å². The molecule has 7 heteroatoms. The number of aromatic nitrogens is 3. The summed E-state index contributed by atoms with van der Waals surface area (Å²) in [6.45, 7) is 1.99. The van der Waals surface area contributed by atoms with Gasteiger partial charge in [0.15, 0.2) is 5.65 Å². The summed E-state index contributed by atoms with van der Waals surface area (Å²) in [4.78, 5) is 20.9. The van der Waals surface area contributed by atoms with E-state index in [0.29, 0.717) is 28.9 Å². The summed E-state index contributed by atoms with van der Waals surface area (Å²) < 4.78 is 6.90. The molecule has 0 bridgehead atoms. The standard InChI is InChI=1S/C14H17ClN4O2/c1-8(15)13-17-10-5-6-12(21-2)18-14(10)19(13)7-11(20)16-9-3-4-9/h5-6,8-9H,3-4,7H2,1-2H3,(H,16,20). The van der Waals surface area contributed by atoms with Crippen molar-refractivity contribution in [1.29, 1.82) is 0 Å². The number of nitrogens with zero attached hydrogens (tertiary/aromatic N) is 3. The monoisotopic (exact) mass is 308 g/mol. The Labute approximate surface area is 127 Å². The highest BCUT2D eigenvalue weighted by molar-refractivity contribution is 6.20. The molecular weight excluding hydrogens is 292 g/mol. The maximum atomic E-state index is 12.1. The lowest BCUT2D eigenvalue weighted by molar-refractivity contribution is -0.121. The van der Waals surface area contributed by atoms with Crippen molar-refractivity contribution in [1.82, 2.24) is 19.9 Å². The minimum atomic E-state index is -0.307. The average Bonchev–Trinajstić information content (AvgIpc) is 3.19. The molecule has 6 nitrogen and oxygen atoms in total. The lowest BCUT2D eigenvalue weighted by Gasteiger charge is -2.10. The van der Waals surface area contributed by atoms with E-state index in [0.717, 1.165) is 12.8 Å². The quantitative estimate of drug-likeness (QED) is 0.858. The van der Waals surface area contributed by atoms with E-state index in [2.05, 4.69) is 15.3 Å². The maximum absolute atomic E-state index is 12.1. The van der Waals surface area contributed by atoms with Gasteiger partial charge in [-0.05, 0) is 25.8 Å². The molecule has 0 radical (unpaired) electrons. The Morgan fingerprint density at radius 3 is 2.90 bits per heavy atom. The fraction of sp³-hybridized carbons (Fsp3) is 0.500. The predicted octanol–water partition coefficient (Wildman–Crippen LogP) is 2.02. The van der Waals surface area contributed by atoms with Crippen molar-refractivity contribution in [2.45, 2.75) is 37.7 Å². The number of halogens is 1. The molecule has 1 amide bonds. The molecule has 1 unspecified atom stereocenters. The Morgan fingerprint density at radius 1 is 1.52 bits per heavy atom. The van der Waals surface area contributed by atoms with Gasteiger partial charge in [0.1, 0.15) is 17.9 Å². The summed E-state index contributed by atoms with van der Waals surface area (Å²) in [5.74, 6) is 1.08. The summed E-state index contributed by atoms with van der Waals surface area (Å²) in [6.07, 6.45) is 2.11. The van der Waals surface area contributed by atoms with Gasteiger partial charge in [-0.25, -0.2) is 4.98 Å². The van der Waals surface area contributed by atoms with Gasteiger partial charge in [0.2, 0.25) is 11.8 Å². The maximum Gasteiger partial charge on any atom is 0.240 e. The number of carbonyl (C=O) groups is 1. The SMILES string of the molecule is COc1ccc2nc(C(C)Cl)n(CC(=O)NC3CC3)c2n1. The van der Waals surface area contributed by atoms with Crippen molar-refractivity contribution in [3.8, 4) is 5.88 Å². The average molecular weight is 309 g/mol. The van der Waals surface area contributed by atoms with E-state index in [-0.39, 0.29) is 17.8 Å². The van der Waals surface area contributed by atoms with Crippen molar-refractivity contribution < 1.29 is 9.53 Å². The first-order valence-electron chi connectivity index (χ1n) is 6.93. The number of hydrogen-bond acceptors (Lipinski definition) is 4. The molecule has 1 aliphatic carbocycles. The second-order valence-corrected chi connectivity index (χ2v) is 5.86. The fourth-order valence-corrected chi connectivity index (χ4v) is 2.39. The second-order valence-electron chi connectivity index (χ2n) is 5.21. The minimum absolute atomic E-state index is 0.0417. The number of alkyl halides is 1. The first kappa shape index (κ1) is 14.1. The zero-order valence-corrected chi connectivity index (χ0v) is 12.7. The number of imidazole rings is 1. The second kappa shape index (κ2) is 5.52. The Bertz CT molecular complexity index is 679. The molecule has 0 saturated heterocycles. The molecule has 2 heterocycles. The number of ether oxygens (including phenoxy) is 1. The van der Waals surface area contributed by atoms with Crippen LogP contribution in [0.15, 0.2) is 12.1 Å². The van der Waals surface area contributed by atoms with Gasteiger partial charge in [0, 0.05) is 12.1 Å². The van der Waals surface area contributed by atoms with Gasteiger partial charge in [0.05, 0.1) is 12.5 Å². The van der Waals surface area contributed by atoms with Gasteiger partial charge in [-0.2, -0.15) is 4.98 Å². The van der Waals surface area contributed by atoms with E-state index < -0.39 is 0 Å². The molecule has 1 saturated carbocycles. The van der Waals surface area contributed by atoms with E-state index in [1.54, 1.807) is 17.7 Å². The molecule has 112 valence electrons. The zero-order valence-electron chi connectivity index (χ0n) is 12.0. The van der Waals surface area contributed by atoms with Crippen LogP contribution < -0.4 is 10.1 Å². The summed E-state index contributed by atoms with van der Waals surface area (Å²) in [6, 6.07) is 3.89. The molecule has 2 aromatic heterocycles. The van der Waals surface area contributed by atoms with Crippen LogP contribution in [0.5, 0.6) is 5.88 Å². The Hall–Kier alpha value is -1.82. The predicted molar refractivity (Wildman–Crippen MR) is 79.5 cm³/mol. The van der Waals surface area contributed by atoms with Gasteiger partial charge in [-0.3, -0.25) is 4.79 Å². The first-order chi connectivity index (χ1) is 10.1. The Balaban J connectivity index is 1.98. The van der Waals surface area contributed by atoms with Crippen molar-refractivity contribution >= 4 is 28.7 Å². The van der Waals surface area contributed by atoms with Gasteiger partial charge in [-0.15, -0.1) is 11.6 Å². The van der Waals surface area contributed by atoms with E-state index in [9.17, 15) is 4.79 Å². The van der Waals surface area contributed by atoms with Crippen molar-refractivity contribution in [2.24, 2.45) is 0 Å². The Morgan fingerprint density at radius 2 is 2.29 bits per heavy atom. The van der Waals surface area contributed by atoms with Crippen LogP contribution in [0.4, 0.5) is 0 Å². The first-order valence-corrected chi connectivity index (χ1v) is 7.36. The van der Waals surface area contributed by atoms with Crippen LogP contribution in [-0.4, -0.2) is 33.6 Å². The third-order valence-corrected chi connectivity index (χ3v) is 3.60. The van der Waals surface area contributed by atoms with Gasteiger partial charge in [-0.1, -0.05) is 0 Å². The molecule has 3 rings (SSSR count). The summed E-state index contributed by atoms with van der Waals surface area (Å²) in [7, 11) is 1.56. The molecule has 1 fully saturated rings. The number of pyridine rings is 1. The van der Waals surface area contributed by atoms with E-state index in [1.165, 1.54) is 0 Å². The van der Waals surface area contributed by atoms with Gasteiger partial charge >= 0.3 is 0 Å². The summed E-state index contributed by atoms with van der Waals surface area (Å²) in [5, 5.41) is 2.66. The number of amides is 1. The fourth-order valence-electron chi connectivity index (χ4n) is 2.22. The highest BCUT2D eigenvalue weighted by Crippen LogP contribution is 2.25. The number of carbonyl (C=O) groups excluding carboxylic acids is 1. The molecule has 2 aromatic rings. The van der Waals surface area contributed by atoms with E-state index in [4.69, 9.17) is 16.3 Å². The summed E-state index contributed by atoms with van der Waals surface area (Å²) >= 11 is 6.18. The lowest BCUT2D eigenvalue weighted by atomic mass is 10.4. The van der Waals surface area contributed by atoms with Crippen LogP contribution in [0, 0.1) is 0 Å². The molecule has 1 atom stereocenters. The topological polar surface area (TPSA) is 69.0 Å². The highest BCUT2D eigenvalue weighted by Gasteiger charge is 2.25. The van der Waals surface area contributed by atoms with Crippen LogP contribution in [0.1, 0.15) is 31.0 Å². The third kappa shape index (κ3) is 2.95. The number of methoxy groups -OCH3 is 1. The summed E-state index contributed by atoms with van der Waals surface area (Å²) in [5.41, 5.74) is 1.32. The van der Waals surface area contributed by atoms with Crippen molar-refractivity contribution in [3.63, 3.8) is 0 Å². The Kier molecular flexibility index (Phi) is 3.71.